The topological polar surface area (TPSA) is 18.5 Å². The van der Waals surface area contributed by atoms with Gasteiger partial charge in [-0.3, -0.25) is 4.90 Å². The van der Waals surface area contributed by atoms with Gasteiger partial charge >= 0.3 is 0 Å². The highest BCUT2D eigenvalue weighted by Gasteiger charge is 2.21. The van der Waals surface area contributed by atoms with Crippen LogP contribution in [0.5, 0.6) is 0 Å². The van der Waals surface area contributed by atoms with E-state index in [1.54, 1.807) is 0 Å². The van der Waals surface area contributed by atoms with Gasteiger partial charge in [0.25, 0.3) is 0 Å². The number of thiophene rings is 1. The van der Waals surface area contributed by atoms with Crippen LogP contribution < -0.4 is 5.32 Å². The monoisotopic (exact) mass is 295 g/mol. The van der Waals surface area contributed by atoms with Crippen LogP contribution in [0.4, 0.5) is 0 Å². The molecular formula is C16H29N3S. The highest BCUT2D eigenvalue weighted by molar-refractivity contribution is 7.11. The third kappa shape index (κ3) is 4.85. The molecule has 1 atom stereocenters. The third-order valence-electron chi connectivity index (χ3n) is 3.99. The van der Waals surface area contributed by atoms with Gasteiger partial charge in [0.1, 0.15) is 0 Å². The minimum Gasteiger partial charge on any atom is -0.310 e. The van der Waals surface area contributed by atoms with Crippen molar-refractivity contribution >= 4 is 11.3 Å². The molecule has 1 saturated heterocycles. The van der Waals surface area contributed by atoms with Gasteiger partial charge in [-0.25, -0.2) is 0 Å². The molecular weight excluding hydrogens is 266 g/mol. The van der Waals surface area contributed by atoms with Gasteiger partial charge in [-0.1, -0.05) is 13.8 Å². The quantitative estimate of drug-likeness (QED) is 0.870. The number of likely N-dealkylation sites (N-methyl/N-ethyl adjacent to an activating group) is 1. The fourth-order valence-electron chi connectivity index (χ4n) is 2.72. The van der Waals surface area contributed by atoms with Crippen molar-refractivity contribution in [1.29, 1.82) is 0 Å². The molecule has 1 aromatic heterocycles. The van der Waals surface area contributed by atoms with Crippen LogP contribution in [0.15, 0.2) is 12.1 Å². The maximum atomic E-state index is 3.49. The minimum absolute atomic E-state index is 0.559. The lowest BCUT2D eigenvalue weighted by Crippen LogP contribution is -2.44. The summed E-state index contributed by atoms with van der Waals surface area (Å²) in [6.45, 7) is 8.99. The Labute approximate surface area is 128 Å². The number of nitrogens with one attached hydrogen (secondary N) is 1. The van der Waals surface area contributed by atoms with E-state index in [1.807, 2.05) is 11.3 Å². The van der Waals surface area contributed by atoms with E-state index in [4.69, 9.17) is 0 Å². The summed E-state index contributed by atoms with van der Waals surface area (Å²) >= 11 is 1.96. The molecule has 1 unspecified atom stereocenters. The Balaban J connectivity index is 1.83. The predicted molar refractivity (Wildman–Crippen MR) is 88.3 cm³/mol. The first-order chi connectivity index (χ1) is 9.54. The van der Waals surface area contributed by atoms with Crippen molar-refractivity contribution in [1.82, 2.24) is 15.1 Å². The van der Waals surface area contributed by atoms with Gasteiger partial charge in [0.05, 0.1) is 0 Å². The average Bonchev–Trinajstić information content (AvgIpc) is 2.84. The van der Waals surface area contributed by atoms with Crippen LogP contribution in [0.2, 0.25) is 0 Å². The maximum absolute atomic E-state index is 3.49. The van der Waals surface area contributed by atoms with Crippen LogP contribution in [0, 0.1) is 0 Å². The number of piperidine rings is 1. The standard InChI is InChI=1S/C16H29N3S/c1-13(2)17-10-15-7-8-16(20-15)12-19-9-5-6-14(11-19)18(3)4/h7-8,13-14,17H,5-6,9-12H2,1-4H3. The Kier molecular flexibility index (Phi) is 6.02. The lowest BCUT2D eigenvalue weighted by atomic mass is 10.1. The van der Waals surface area contributed by atoms with Crippen molar-refractivity contribution in [3.63, 3.8) is 0 Å². The molecule has 4 heteroatoms. The zero-order valence-electron chi connectivity index (χ0n) is 13.4. The van der Waals surface area contributed by atoms with Crippen LogP contribution in [0.25, 0.3) is 0 Å². The van der Waals surface area contributed by atoms with E-state index in [1.165, 1.54) is 35.7 Å². The number of rotatable bonds is 6. The molecule has 0 aromatic carbocycles. The van der Waals surface area contributed by atoms with E-state index in [0.29, 0.717) is 6.04 Å². The lowest BCUT2D eigenvalue weighted by Gasteiger charge is -2.35. The predicted octanol–water partition coefficient (Wildman–Crippen LogP) is 2.77. The highest BCUT2D eigenvalue weighted by Crippen LogP contribution is 2.21. The van der Waals surface area contributed by atoms with Crippen molar-refractivity contribution in [2.45, 2.75) is 51.9 Å². The second-order valence-electron chi connectivity index (χ2n) is 6.40. The second kappa shape index (κ2) is 7.55. The van der Waals surface area contributed by atoms with Gasteiger partial charge < -0.3 is 10.2 Å². The maximum Gasteiger partial charge on any atom is 0.0328 e. The van der Waals surface area contributed by atoms with Crippen LogP contribution in [-0.4, -0.2) is 49.1 Å². The molecule has 0 saturated carbocycles. The van der Waals surface area contributed by atoms with E-state index >= 15 is 0 Å². The Morgan fingerprint density at radius 2 is 2.10 bits per heavy atom. The number of hydrogen-bond acceptors (Lipinski definition) is 4. The summed E-state index contributed by atoms with van der Waals surface area (Å²) in [5, 5.41) is 3.49. The normalized spacial score (nSPS) is 21.0. The van der Waals surface area contributed by atoms with Crippen molar-refractivity contribution < 1.29 is 0 Å². The van der Waals surface area contributed by atoms with Crippen LogP contribution >= 0.6 is 11.3 Å². The van der Waals surface area contributed by atoms with Crippen molar-refractivity contribution in [2.24, 2.45) is 0 Å². The van der Waals surface area contributed by atoms with E-state index in [9.17, 15) is 0 Å². The molecule has 1 fully saturated rings. The van der Waals surface area contributed by atoms with Crippen molar-refractivity contribution in [3.8, 4) is 0 Å². The molecule has 0 aliphatic carbocycles. The van der Waals surface area contributed by atoms with Gasteiger partial charge in [-0.05, 0) is 45.6 Å². The summed E-state index contributed by atoms with van der Waals surface area (Å²) in [6, 6.07) is 5.87. The third-order valence-corrected chi connectivity index (χ3v) is 5.06. The number of likely N-dealkylation sites (tertiary alicyclic amines) is 1. The van der Waals surface area contributed by atoms with Crippen LogP contribution in [0.3, 0.4) is 0 Å². The Bertz CT molecular complexity index is 400. The van der Waals surface area contributed by atoms with E-state index in [2.05, 4.69) is 55.2 Å². The first-order valence-corrected chi connectivity index (χ1v) is 8.56. The summed E-state index contributed by atoms with van der Waals surface area (Å²) in [6.07, 6.45) is 2.67. The lowest BCUT2D eigenvalue weighted by molar-refractivity contribution is 0.129. The molecule has 114 valence electrons. The first-order valence-electron chi connectivity index (χ1n) is 7.74. The van der Waals surface area contributed by atoms with Gasteiger partial charge in [-0.2, -0.15) is 0 Å². The largest absolute Gasteiger partial charge is 0.310 e. The zero-order valence-corrected chi connectivity index (χ0v) is 14.2. The van der Waals surface area contributed by atoms with E-state index < -0.39 is 0 Å². The number of nitrogens with zero attached hydrogens (tertiary/aromatic N) is 2. The molecule has 20 heavy (non-hydrogen) atoms. The first kappa shape index (κ1) is 16.0. The second-order valence-corrected chi connectivity index (χ2v) is 7.65. The minimum atomic E-state index is 0.559. The van der Waals surface area contributed by atoms with E-state index in [-0.39, 0.29) is 0 Å². The van der Waals surface area contributed by atoms with Gasteiger partial charge in [0.15, 0.2) is 0 Å². The Hall–Kier alpha value is -0.420. The SMILES string of the molecule is CC(C)NCc1ccc(CN2CCCC(N(C)C)C2)s1. The molecule has 2 rings (SSSR count). The molecule has 0 spiro atoms. The smallest absolute Gasteiger partial charge is 0.0328 e. The van der Waals surface area contributed by atoms with Crippen molar-refractivity contribution in [3.05, 3.63) is 21.9 Å². The van der Waals surface area contributed by atoms with Gasteiger partial charge in [-0.15, -0.1) is 11.3 Å². The molecule has 1 aliphatic heterocycles. The van der Waals surface area contributed by atoms with Gasteiger partial charge in [0.2, 0.25) is 0 Å². The van der Waals surface area contributed by atoms with Gasteiger partial charge in [0, 0.05) is 41.5 Å². The molecule has 1 aliphatic rings. The van der Waals surface area contributed by atoms with Crippen molar-refractivity contribution in [2.75, 3.05) is 27.2 Å². The summed E-state index contributed by atoms with van der Waals surface area (Å²) in [5.41, 5.74) is 0. The molecule has 2 heterocycles. The van der Waals surface area contributed by atoms with Crippen LogP contribution in [0.1, 0.15) is 36.4 Å². The zero-order chi connectivity index (χ0) is 14.5. The molecule has 0 radical (unpaired) electrons. The highest BCUT2D eigenvalue weighted by atomic mass is 32.1. The molecule has 1 aromatic rings. The molecule has 0 bridgehead atoms. The number of hydrogen-bond donors (Lipinski definition) is 1. The fraction of sp³-hybridized carbons (Fsp3) is 0.750. The Morgan fingerprint density at radius 3 is 2.80 bits per heavy atom. The Morgan fingerprint density at radius 1 is 1.35 bits per heavy atom. The molecule has 0 amide bonds. The van der Waals surface area contributed by atoms with Crippen LogP contribution in [-0.2, 0) is 13.1 Å². The summed E-state index contributed by atoms with van der Waals surface area (Å²) in [7, 11) is 4.41. The summed E-state index contributed by atoms with van der Waals surface area (Å²) < 4.78 is 0. The average molecular weight is 295 g/mol. The summed E-state index contributed by atoms with van der Waals surface area (Å²) in [5.74, 6) is 0. The molecule has 3 nitrogen and oxygen atoms in total. The summed E-state index contributed by atoms with van der Waals surface area (Å²) in [4.78, 5) is 7.94. The fourth-order valence-corrected chi connectivity index (χ4v) is 3.74. The molecule has 1 N–H and O–H groups in total. The van der Waals surface area contributed by atoms with E-state index in [0.717, 1.165) is 19.1 Å².